The maximum absolute atomic E-state index is 11.3. The Balaban J connectivity index is 2.85. The Bertz CT molecular complexity index is 584. The number of carbonyl (C=O) groups is 1. The summed E-state index contributed by atoms with van der Waals surface area (Å²) >= 11 is 0. The Morgan fingerprint density at radius 3 is 2.71 bits per heavy atom. The van der Waals surface area contributed by atoms with Gasteiger partial charge in [-0.2, -0.15) is 0 Å². The molecule has 4 nitrogen and oxygen atoms in total. The first-order chi connectivity index (χ1) is 8.10. The number of aryl methyl sites for hydroxylation is 1. The molecule has 17 heavy (non-hydrogen) atoms. The topological polar surface area (TPSA) is 51.5 Å². The Kier molecular flexibility index (Phi) is 2.79. The number of carboxylic acids is 1. The maximum atomic E-state index is 11.3. The average Bonchev–Trinajstić information content (AvgIpc) is 2.59. The molecule has 90 valence electrons. The van der Waals surface area contributed by atoms with E-state index in [1.807, 2.05) is 24.5 Å². The standard InChI is InChI=1S/C13H15NO3/c1-4-14-8(2)12(13(15)16)10-6-5-9(17-3)7-11(10)14/h5-7H,4H2,1-3H3,(H,15,16). The normalized spacial score (nSPS) is 10.8. The van der Waals surface area contributed by atoms with Crippen LogP contribution in [0.15, 0.2) is 18.2 Å². The van der Waals surface area contributed by atoms with Crippen LogP contribution in [0.25, 0.3) is 10.9 Å². The number of fused-ring (bicyclic) bond motifs is 1. The lowest BCUT2D eigenvalue weighted by Gasteiger charge is -2.05. The van der Waals surface area contributed by atoms with E-state index in [9.17, 15) is 9.90 Å². The summed E-state index contributed by atoms with van der Waals surface area (Å²) < 4.78 is 7.16. The fourth-order valence-corrected chi connectivity index (χ4v) is 2.26. The minimum Gasteiger partial charge on any atom is -0.497 e. The number of rotatable bonds is 3. The van der Waals surface area contributed by atoms with Gasteiger partial charge in [0.1, 0.15) is 5.75 Å². The fraction of sp³-hybridized carbons (Fsp3) is 0.308. The van der Waals surface area contributed by atoms with Gasteiger partial charge in [0.2, 0.25) is 0 Å². The molecule has 1 heterocycles. The highest BCUT2D eigenvalue weighted by molar-refractivity contribution is 6.05. The minimum atomic E-state index is -0.884. The zero-order chi connectivity index (χ0) is 12.6. The van der Waals surface area contributed by atoms with Crippen molar-refractivity contribution in [2.45, 2.75) is 20.4 Å². The van der Waals surface area contributed by atoms with E-state index < -0.39 is 5.97 Å². The van der Waals surface area contributed by atoms with Gasteiger partial charge < -0.3 is 14.4 Å². The van der Waals surface area contributed by atoms with Gasteiger partial charge in [-0.3, -0.25) is 0 Å². The predicted octanol–water partition coefficient (Wildman–Crippen LogP) is 2.68. The molecule has 0 saturated carbocycles. The van der Waals surface area contributed by atoms with Gasteiger partial charge in [-0.25, -0.2) is 4.79 Å². The summed E-state index contributed by atoms with van der Waals surface area (Å²) in [6, 6.07) is 5.46. The first kappa shape index (κ1) is 11.5. The molecule has 0 unspecified atom stereocenters. The second-order valence-electron chi connectivity index (χ2n) is 3.89. The van der Waals surface area contributed by atoms with Crippen molar-refractivity contribution in [1.29, 1.82) is 0 Å². The van der Waals surface area contributed by atoms with Crippen LogP contribution in [0.5, 0.6) is 5.75 Å². The van der Waals surface area contributed by atoms with Crippen molar-refractivity contribution in [3.63, 3.8) is 0 Å². The highest BCUT2D eigenvalue weighted by atomic mass is 16.5. The van der Waals surface area contributed by atoms with Crippen molar-refractivity contribution in [2.75, 3.05) is 7.11 Å². The number of carboxylic acid groups (broad SMARTS) is 1. The average molecular weight is 233 g/mol. The molecule has 0 aliphatic heterocycles. The van der Waals surface area contributed by atoms with Crippen molar-refractivity contribution in [2.24, 2.45) is 0 Å². The number of hydrogen-bond acceptors (Lipinski definition) is 2. The monoisotopic (exact) mass is 233 g/mol. The number of nitrogens with zero attached hydrogens (tertiary/aromatic N) is 1. The van der Waals surface area contributed by atoms with Crippen LogP contribution in [0.1, 0.15) is 23.0 Å². The SMILES string of the molecule is CCn1c(C)c(C(=O)O)c2ccc(OC)cc21. The van der Waals surface area contributed by atoms with Crippen LogP contribution in [0.4, 0.5) is 0 Å². The predicted molar refractivity (Wildman–Crippen MR) is 65.9 cm³/mol. The summed E-state index contributed by atoms with van der Waals surface area (Å²) in [4.78, 5) is 11.3. The summed E-state index contributed by atoms with van der Waals surface area (Å²) in [5.41, 5.74) is 2.06. The highest BCUT2D eigenvalue weighted by Gasteiger charge is 2.18. The summed E-state index contributed by atoms with van der Waals surface area (Å²) in [6.45, 7) is 4.57. The summed E-state index contributed by atoms with van der Waals surface area (Å²) in [5.74, 6) is -0.147. The molecule has 1 aromatic heterocycles. The van der Waals surface area contributed by atoms with Crippen LogP contribution in [-0.4, -0.2) is 22.8 Å². The van der Waals surface area contributed by atoms with Crippen molar-refractivity contribution in [1.82, 2.24) is 4.57 Å². The first-order valence-corrected chi connectivity index (χ1v) is 5.50. The molecule has 4 heteroatoms. The quantitative estimate of drug-likeness (QED) is 0.886. The fourth-order valence-electron chi connectivity index (χ4n) is 2.26. The summed E-state index contributed by atoms with van der Waals surface area (Å²) in [7, 11) is 1.60. The molecule has 0 spiro atoms. The number of benzene rings is 1. The molecule has 1 N–H and O–H groups in total. The molecular weight excluding hydrogens is 218 g/mol. The Labute approximate surface area is 99.4 Å². The lowest BCUT2D eigenvalue weighted by Crippen LogP contribution is -2.01. The third-order valence-electron chi connectivity index (χ3n) is 3.06. The first-order valence-electron chi connectivity index (χ1n) is 5.50. The van der Waals surface area contributed by atoms with Crippen LogP contribution in [0, 0.1) is 6.92 Å². The van der Waals surface area contributed by atoms with E-state index in [2.05, 4.69) is 0 Å². The van der Waals surface area contributed by atoms with E-state index in [4.69, 9.17) is 4.74 Å². The van der Waals surface area contributed by atoms with Crippen LogP contribution in [-0.2, 0) is 6.54 Å². The molecule has 2 aromatic rings. The van der Waals surface area contributed by atoms with E-state index in [-0.39, 0.29) is 0 Å². The molecule has 0 aliphatic carbocycles. The lowest BCUT2D eigenvalue weighted by atomic mass is 10.1. The Morgan fingerprint density at radius 1 is 1.47 bits per heavy atom. The zero-order valence-electron chi connectivity index (χ0n) is 10.2. The molecule has 0 radical (unpaired) electrons. The van der Waals surface area contributed by atoms with Crippen LogP contribution in [0.3, 0.4) is 0 Å². The van der Waals surface area contributed by atoms with E-state index in [0.29, 0.717) is 5.56 Å². The molecule has 0 aliphatic rings. The Hall–Kier alpha value is -1.97. The van der Waals surface area contributed by atoms with Gasteiger partial charge in [0.05, 0.1) is 18.2 Å². The lowest BCUT2D eigenvalue weighted by molar-refractivity contribution is 0.0698. The van der Waals surface area contributed by atoms with Gasteiger partial charge in [0.15, 0.2) is 0 Å². The molecule has 2 rings (SSSR count). The second-order valence-corrected chi connectivity index (χ2v) is 3.89. The number of methoxy groups -OCH3 is 1. The zero-order valence-corrected chi connectivity index (χ0v) is 10.2. The van der Waals surface area contributed by atoms with Crippen molar-refractivity contribution >= 4 is 16.9 Å². The van der Waals surface area contributed by atoms with Crippen LogP contribution >= 0.6 is 0 Å². The van der Waals surface area contributed by atoms with Gasteiger partial charge in [-0.05, 0) is 26.0 Å². The smallest absolute Gasteiger partial charge is 0.338 e. The van der Waals surface area contributed by atoms with Gasteiger partial charge in [-0.15, -0.1) is 0 Å². The van der Waals surface area contributed by atoms with Gasteiger partial charge in [-0.1, -0.05) is 0 Å². The summed E-state index contributed by atoms with van der Waals surface area (Å²) in [5, 5.41) is 10.0. The third kappa shape index (κ3) is 1.65. The molecule has 0 bridgehead atoms. The molecule has 0 atom stereocenters. The highest BCUT2D eigenvalue weighted by Crippen LogP contribution is 2.29. The van der Waals surface area contributed by atoms with E-state index in [1.54, 1.807) is 19.2 Å². The van der Waals surface area contributed by atoms with E-state index >= 15 is 0 Å². The second kappa shape index (κ2) is 4.13. The molecule has 1 aromatic carbocycles. The minimum absolute atomic E-state index is 0.379. The number of ether oxygens (including phenoxy) is 1. The number of hydrogen-bond donors (Lipinski definition) is 1. The van der Waals surface area contributed by atoms with Crippen LogP contribution in [0.2, 0.25) is 0 Å². The molecule has 0 fully saturated rings. The largest absolute Gasteiger partial charge is 0.497 e. The molecular formula is C13H15NO3. The third-order valence-corrected chi connectivity index (χ3v) is 3.06. The van der Waals surface area contributed by atoms with E-state index in [1.165, 1.54) is 0 Å². The van der Waals surface area contributed by atoms with E-state index in [0.717, 1.165) is 28.9 Å². The van der Waals surface area contributed by atoms with Gasteiger partial charge in [0.25, 0.3) is 0 Å². The molecule has 0 amide bonds. The number of aromatic nitrogens is 1. The van der Waals surface area contributed by atoms with Crippen molar-refractivity contribution < 1.29 is 14.6 Å². The summed E-state index contributed by atoms with van der Waals surface area (Å²) in [6.07, 6.45) is 0. The van der Waals surface area contributed by atoms with Gasteiger partial charge >= 0.3 is 5.97 Å². The van der Waals surface area contributed by atoms with Crippen molar-refractivity contribution in [3.8, 4) is 5.75 Å². The van der Waals surface area contributed by atoms with Crippen molar-refractivity contribution in [3.05, 3.63) is 29.5 Å². The maximum Gasteiger partial charge on any atom is 0.338 e. The van der Waals surface area contributed by atoms with Crippen LogP contribution < -0.4 is 4.74 Å². The Morgan fingerprint density at radius 2 is 2.18 bits per heavy atom. The molecule has 0 saturated heterocycles. The van der Waals surface area contributed by atoms with Gasteiger partial charge in [0, 0.05) is 23.7 Å². The number of aromatic carboxylic acids is 1.